The Labute approximate surface area is 212 Å². The molecule has 2 atom stereocenters. The Balaban J connectivity index is 1.54. The Morgan fingerprint density at radius 1 is 1.06 bits per heavy atom. The lowest BCUT2D eigenvalue weighted by Crippen LogP contribution is -2.48. The van der Waals surface area contributed by atoms with Crippen molar-refractivity contribution in [2.75, 3.05) is 31.1 Å². The molecule has 1 aliphatic rings. The van der Waals surface area contributed by atoms with E-state index in [1.165, 1.54) is 5.69 Å². The van der Waals surface area contributed by atoms with Crippen LogP contribution in [-0.2, 0) is 4.79 Å². The number of nitrogens with one attached hydrogen (secondary N) is 1. The first-order valence-corrected chi connectivity index (χ1v) is 13.4. The summed E-state index contributed by atoms with van der Waals surface area (Å²) in [5, 5.41) is 5.23. The molecule has 184 valence electrons. The fraction of sp³-hybridized carbons (Fsp3) is 0.379. The lowest BCUT2D eigenvalue weighted by Gasteiger charge is -2.42. The van der Waals surface area contributed by atoms with Crippen LogP contribution in [0.2, 0.25) is 0 Å². The Morgan fingerprint density at radius 2 is 1.80 bits per heavy atom. The van der Waals surface area contributed by atoms with E-state index in [9.17, 15) is 9.59 Å². The number of hydrogen-bond donors (Lipinski definition) is 1. The van der Waals surface area contributed by atoms with Gasteiger partial charge in [0.25, 0.3) is 5.91 Å². The van der Waals surface area contributed by atoms with Crippen molar-refractivity contribution >= 4 is 28.8 Å². The molecule has 2 aromatic carbocycles. The molecule has 3 aromatic rings. The molecule has 2 amide bonds. The van der Waals surface area contributed by atoms with Gasteiger partial charge in [0.1, 0.15) is 0 Å². The molecule has 1 N–H and O–H groups in total. The van der Waals surface area contributed by atoms with Gasteiger partial charge in [-0.2, -0.15) is 0 Å². The van der Waals surface area contributed by atoms with Crippen molar-refractivity contribution in [2.24, 2.45) is 5.92 Å². The fourth-order valence-corrected chi connectivity index (χ4v) is 5.82. The molecule has 0 saturated heterocycles. The quantitative estimate of drug-likeness (QED) is 0.371. The lowest BCUT2D eigenvalue weighted by molar-refractivity contribution is -0.124. The van der Waals surface area contributed by atoms with Crippen molar-refractivity contribution in [1.29, 1.82) is 0 Å². The number of amides is 2. The number of benzene rings is 2. The maximum atomic E-state index is 13.7. The van der Waals surface area contributed by atoms with Gasteiger partial charge in [-0.15, -0.1) is 11.3 Å². The van der Waals surface area contributed by atoms with E-state index < -0.39 is 5.92 Å². The molecule has 1 aliphatic heterocycles. The van der Waals surface area contributed by atoms with Crippen LogP contribution in [0, 0.1) is 5.92 Å². The highest BCUT2D eigenvalue weighted by Gasteiger charge is 2.44. The van der Waals surface area contributed by atoms with Crippen molar-refractivity contribution in [3.05, 3.63) is 88.1 Å². The first kappa shape index (κ1) is 25.0. The third kappa shape index (κ3) is 5.59. The molecule has 6 heteroatoms. The van der Waals surface area contributed by atoms with Crippen LogP contribution < -0.4 is 10.2 Å². The van der Waals surface area contributed by atoms with Crippen LogP contribution in [0.4, 0.5) is 5.69 Å². The van der Waals surface area contributed by atoms with Gasteiger partial charge < -0.3 is 15.1 Å². The Bertz CT molecular complexity index is 1110. The molecule has 4 rings (SSSR count). The predicted octanol–water partition coefficient (Wildman–Crippen LogP) is 5.72. The van der Waals surface area contributed by atoms with Crippen molar-refractivity contribution in [2.45, 2.75) is 39.2 Å². The Kier molecular flexibility index (Phi) is 8.24. The molecular weight excluding hydrogens is 454 g/mol. The number of anilines is 1. The van der Waals surface area contributed by atoms with Crippen LogP contribution >= 0.6 is 11.3 Å². The molecule has 0 spiro atoms. The summed E-state index contributed by atoms with van der Waals surface area (Å²) in [7, 11) is 0. The van der Waals surface area contributed by atoms with Crippen LogP contribution in [-0.4, -0.2) is 42.9 Å². The number of rotatable bonds is 10. The van der Waals surface area contributed by atoms with E-state index in [0.29, 0.717) is 24.6 Å². The maximum Gasteiger partial charge on any atom is 0.254 e. The summed E-state index contributed by atoms with van der Waals surface area (Å²) in [4.78, 5) is 32.5. The molecule has 0 saturated carbocycles. The van der Waals surface area contributed by atoms with Gasteiger partial charge in [-0.25, -0.2) is 0 Å². The molecule has 0 unspecified atom stereocenters. The van der Waals surface area contributed by atoms with E-state index in [1.807, 2.05) is 52.7 Å². The van der Waals surface area contributed by atoms with Gasteiger partial charge in [-0.1, -0.05) is 56.3 Å². The number of para-hydroxylation sites is 1. The van der Waals surface area contributed by atoms with Gasteiger partial charge in [-0.05, 0) is 54.5 Å². The summed E-state index contributed by atoms with van der Waals surface area (Å²) in [5.74, 6) is -0.135. The van der Waals surface area contributed by atoms with Gasteiger partial charge in [0.15, 0.2) is 0 Å². The second-order valence-electron chi connectivity index (χ2n) is 9.44. The molecular formula is C29H35N3O2S. The maximum absolute atomic E-state index is 13.7. The number of fused-ring (bicyclic) bond motifs is 1. The zero-order chi connectivity index (χ0) is 24.8. The second kappa shape index (κ2) is 11.5. The summed E-state index contributed by atoms with van der Waals surface area (Å²) in [6, 6.07) is 21.7. The summed E-state index contributed by atoms with van der Waals surface area (Å²) in [6.45, 7) is 9.37. The van der Waals surface area contributed by atoms with E-state index >= 15 is 0 Å². The topological polar surface area (TPSA) is 52.7 Å². The SMILES string of the molecule is CCN(CCCNC(=O)[C@@H]1c2ccccc2C(=O)N(CC(C)C)[C@H]1c1cccs1)c1ccccc1. The molecule has 5 nitrogen and oxygen atoms in total. The average Bonchev–Trinajstić information content (AvgIpc) is 3.40. The number of thiophene rings is 1. The number of hydrogen-bond acceptors (Lipinski definition) is 4. The lowest BCUT2D eigenvalue weighted by atomic mass is 9.81. The number of carbonyl (C=O) groups is 2. The third-order valence-corrected chi connectivity index (χ3v) is 7.47. The monoisotopic (exact) mass is 489 g/mol. The van der Waals surface area contributed by atoms with Gasteiger partial charge in [0.2, 0.25) is 5.91 Å². The number of carbonyl (C=O) groups excluding carboxylic acids is 2. The summed E-state index contributed by atoms with van der Waals surface area (Å²) in [5.41, 5.74) is 2.67. The van der Waals surface area contributed by atoms with Crippen LogP contribution in [0.15, 0.2) is 72.1 Å². The zero-order valence-corrected chi connectivity index (χ0v) is 21.6. The molecule has 0 radical (unpaired) electrons. The van der Waals surface area contributed by atoms with Gasteiger partial charge in [0.05, 0.1) is 12.0 Å². The largest absolute Gasteiger partial charge is 0.372 e. The van der Waals surface area contributed by atoms with Crippen molar-refractivity contribution < 1.29 is 9.59 Å². The van der Waals surface area contributed by atoms with E-state index in [2.05, 4.69) is 55.3 Å². The molecule has 2 heterocycles. The van der Waals surface area contributed by atoms with Crippen LogP contribution in [0.1, 0.15) is 60.0 Å². The van der Waals surface area contributed by atoms with Crippen LogP contribution in [0.3, 0.4) is 0 Å². The Morgan fingerprint density at radius 3 is 2.49 bits per heavy atom. The average molecular weight is 490 g/mol. The summed E-state index contributed by atoms with van der Waals surface area (Å²) in [6.07, 6.45) is 0.848. The van der Waals surface area contributed by atoms with E-state index in [0.717, 1.165) is 30.0 Å². The minimum atomic E-state index is -0.433. The second-order valence-corrected chi connectivity index (χ2v) is 10.4. The minimum Gasteiger partial charge on any atom is -0.372 e. The third-order valence-electron chi connectivity index (χ3n) is 6.52. The van der Waals surface area contributed by atoms with E-state index in [4.69, 9.17) is 0 Å². The standard InChI is InChI=1S/C29H35N3O2S/c1-4-31(22-12-6-5-7-13-22)18-11-17-30-28(33)26-23-14-8-9-15-24(23)29(34)32(20-21(2)3)27(26)25-16-10-19-35-25/h5-10,12-16,19,21,26-27H,4,11,17-18,20H2,1-3H3,(H,30,33)/t26-,27+/m1/s1. The highest BCUT2D eigenvalue weighted by atomic mass is 32.1. The normalized spacial score (nSPS) is 17.4. The first-order valence-electron chi connectivity index (χ1n) is 12.5. The Hall–Kier alpha value is -3.12. The highest BCUT2D eigenvalue weighted by molar-refractivity contribution is 7.10. The van der Waals surface area contributed by atoms with Gasteiger partial charge >= 0.3 is 0 Å². The van der Waals surface area contributed by atoms with Crippen molar-refractivity contribution in [3.63, 3.8) is 0 Å². The van der Waals surface area contributed by atoms with Crippen molar-refractivity contribution in [1.82, 2.24) is 10.2 Å². The minimum absolute atomic E-state index is 0.0122. The molecule has 35 heavy (non-hydrogen) atoms. The molecule has 0 fully saturated rings. The predicted molar refractivity (Wildman–Crippen MR) is 144 cm³/mol. The number of nitrogens with zero attached hydrogens (tertiary/aromatic N) is 2. The zero-order valence-electron chi connectivity index (χ0n) is 20.8. The molecule has 0 bridgehead atoms. The summed E-state index contributed by atoms with van der Waals surface area (Å²) < 4.78 is 0. The van der Waals surface area contributed by atoms with Gasteiger partial charge in [-0.3, -0.25) is 9.59 Å². The summed E-state index contributed by atoms with van der Waals surface area (Å²) >= 11 is 1.61. The fourth-order valence-electron chi connectivity index (χ4n) is 4.95. The van der Waals surface area contributed by atoms with E-state index in [1.54, 1.807) is 11.3 Å². The van der Waals surface area contributed by atoms with Crippen LogP contribution in [0.5, 0.6) is 0 Å². The van der Waals surface area contributed by atoms with E-state index in [-0.39, 0.29) is 17.9 Å². The van der Waals surface area contributed by atoms with Crippen LogP contribution in [0.25, 0.3) is 0 Å². The molecule has 1 aromatic heterocycles. The molecule has 0 aliphatic carbocycles. The van der Waals surface area contributed by atoms with Gasteiger partial charge in [0, 0.05) is 42.3 Å². The smallest absolute Gasteiger partial charge is 0.254 e. The first-order chi connectivity index (χ1) is 17.0. The van der Waals surface area contributed by atoms with Crippen molar-refractivity contribution in [3.8, 4) is 0 Å². The highest BCUT2D eigenvalue weighted by Crippen LogP contribution is 2.44.